The molecule has 11 heteroatoms. The van der Waals surface area contributed by atoms with Crippen LogP contribution in [-0.2, 0) is 33.2 Å². The molecule has 2 aliphatic heterocycles. The molecule has 6 atom stereocenters. The normalized spacial score (nSPS) is 30.5. The van der Waals surface area contributed by atoms with Gasteiger partial charge in [-0.2, -0.15) is 0 Å². The molecule has 0 saturated heterocycles. The molecule has 1 fully saturated rings. The van der Waals surface area contributed by atoms with E-state index in [4.69, 9.17) is 21.1 Å². The summed E-state index contributed by atoms with van der Waals surface area (Å²) < 4.78 is 42.3. The average molecular weight is 691 g/mol. The van der Waals surface area contributed by atoms with Gasteiger partial charge in [0.2, 0.25) is 10.0 Å². The number of ether oxygens (including phenoxy) is 2. The van der Waals surface area contributed by atoms with Gasteiger partial charge >= 0.3 is 0 Å². The van der Waals surface area contributed by atoms with Crippen molar-refractivity contribution in [2.45, 2.75) is 75.7 Å². The van der Waals surface area contributed by atoms with E-state index in [0.29, 0.717) is 42.6 Å². The fraction of sp³-hybridized carbons (Fsp3) is 0.486. The number of carbonyl (C=O) groups excluding carboxylic acids is 1. The number of sulfonamides is 1. The minimum absolute atomic E-state index is 0.181. The second-order valence-corrected chi connectivity index (χ2v) is 16.5. The minimum Gasteiger partial charge on any atom is -0.490 e. The number of aryl methyl sites for hydroxylation is 1. The van der Waals surface area contributed by atoms with Crippen molar-refractivity contribution in [3.05, 3.63) is 94.5 Å². The second-order valence-electron chi connectivity index (χ2n) is 14.1. The predicted octanol–water partition coefficient (Wildman–Crippen LogP) is 6.26. The number of rotatable bonds is 3. The van der Waals surface area contributed by atoms with Crippen LogP contribution in [-0.4, -0.2) is 55.3 Å². The summed E-state index contributed by atoms with van der Waals surface area (Å²) in [4.78, 5) is 24.6. The Kier molecular flexibility index (Phi) is 9.26. The number of carbonyl (C=O) groups is 1. The van der Waals surface area contributed by atoms with E-state index < -0.39 is 21.2 Å². The number of aromatic nitrogens is 2. The lowest BCUT2D eigenvalue weighted by atomic mass is 9.68. The first-order chi connectivity index (χ1) is 23.1. The van der Waals surface area contributed by atoms with Crippen molar-refractivity contribution in [1.82, 2.24) is 14.7 Å². The number of fused-ring (bicyclic) bond motifs is 4. The highest BCUT2D eigenvalue weighted by Gasteiger charge is 2.44. The van der Waals surface area contributed by atoms with Crippen LogP contribution in [0, 0.1) is 17.8 Å². The summed E-state index contributed by atoms with van der Waals surface area (Å²) in [7, 11) is -3.94. The number of hydrogen-bond donors (Lipinski definition) is 1. The monoisotopic (exact) mass is 690 g/mol. The Morgan fingerprint density at radius 1 is 1.12 bits per heavy atom. The zero-order chi connectivity index (χ0) is 33.5. The molecule has 1 saturated carbocycles. The molecule has 48 heavy (non-hydrogen) atoms. The van der Waals surface area contributed by atoms with E-state index in [2.05, 4.69) is 37.8 Å². The SMILES string of the molecule is C[C@@H]1[C@@H](C)C/C=C/[C@H](OCc2ncccn2)[C@@H]2CC[C@H]2CN2C[C@@]3(CCCc4cc(Cl)ccc43)COc3ccc(cc32)C(=O)NS1(=O)=O. The molecule has 7 rings (SSSR count). The first-order valence-electron chi connectivity index (χ1n) is 17.0. The molecule has 1 spiro atoms. The summed E-state index contributed by atoms with van der Waals surface area (Å²) in [6, 6.07) is 13.3. The molecule has 3 aromatic rings. The second kappa shape index (κ2) is 13.4. The van der Waals surface area contributed by atoms with Crippen molar-refractivity contribution in [3.8, 4) is 5.75 Å². The molecule has 2 aromatic carbocycles. The van der Waals surface area contributed by atoms with Gasteiger partial charge in [0.05, 0.1) is 23.6 Å². The van der Waals surface area contributed by atoms with E-state index in [1.165, 1.54) is 11.1 Å². The van der Waals surface area contributed by atoms with E-state index in [9.17, 15) is 13.2 Å². The Labute approximate surface area is 288 Å². The van der Waals surface area contributed by atoms with E-state index in [1.54, 1.807) is 37.5 Å². The van der Waals surface area contributed by atoms with Crippen molar-refractivity contribution in [1.29, 1.82) is 0 Å². The topological polar surface area (TPSA) is 111 Å². The largest absolute Gasteiger partial charge is 0.490 e. The Bertz CT molecular complexity index is 1800. The lowest BCUT2D eigenvalue weighted by Gasteiger charge is -2.46. The van der Waals surface area contributed by atoms with Crippen LogP contribution in [0.2, 0.25) is 5.02 Å². The first-order valence-corrected chi connectivity index (χ1v) is 19.0. The maximum Gasteiger partial charge on any atom is 0.264 e. The smallest absolute Gasteiger partial charge is 0.264 e. The van der Waals surface area contributed by atoms with Crippen LogP contribution in [0.25, 0.3) is 0 Å². The third kappa shape index (κ3) is 6.59. The number of nitrogens with zero attached hydrogens (tertiary/aromatic N) is 3. The number of hydrogen-bond acceptors (Lipinski definition) is 8. The number of anilines is 1. The number of benzene rings is 2. The quantitative estimate of drug-likeness (QED) is 0.321. The van der Waals surface area contributed by atoms with E-state index in [-0.39, 0.29) is 30.0 Å². The molecule has 0 radical (unpaired) electrons. The summed E-state index contributed by atoms with van der Waals surface area (Å²) in [6.45, 7) is 5.79. The van der Waals surface area contributed by atoms with Gasteiger partial charge in [-0.25, -0.2) is 23.1 Å². The molecule has 9 nitrogen and oxygen atoms in total. The lowest BCUT2D eigenvalue weighted by molar-refractivity contribution is -0.0249. The van der Waals surface area contributed by atoms with Gasteiger partial charge in [-0.1, -0.05) is 36.7 Å². The summed E-state index contributed by atoms with van der Waals surface area (Å²) in [5.74, 6) is 1.04. The van der Waals surface area contributed by atoms with Crippen molar-refractivity contribution < 1.29 is 22.7 Å². The lowest BCUT2D eigenvalue weighted by Crippen LogP contribution is -2.49. The fourth-order valence-electron chi connectivity index (χ4n) is 7.90. The number of nitrogens with one attached hydrogen (secondary N) is 1. The first kappa shape index (κ1) is 33.0. The van der Waals surface area contributed by atoms with Crippen molar-refractivity contribution in [3.63, 3.8) is 0 Å². The Hall–Kier alpha value is -3.47. The Morgan fingerprint density at radius 2 is 1.96 bits per heavy atom. The van der Waals surface area contributed by atoms with Gasteiger partial charge in [-0.3, -0.25) is 4.79 Å². The van der Waals surface area contributed by atoms with Crippen LogP contribution in [0.1, 0.15) is 73.3 Å². The van der Waals surface area contributed by atoms with Gasteiger partial charge in [-0.05, 0) is 111 Å². The third-order valence-corrected chi connectivity index (χ3v) is 13.2. The standard InChI is InChI=1S/C37H43ClN4O5S/c1-24-6-3-8-33(46-21-35-39-16-5-17-40-35)30-12-9-28(30)20-42-22-37(15-4-7-26-18-29(38)11-13-31(26)37)23-47-34-14-10-27(19-32(34)42)36(43)41-48(44,45)25(24)2/h3,5,8,10-11,13-14,16-19,24-25,28,30,33H,4,6-7,9,12,15,20-23H2,1-2H3,(H,41,43)/b8-3+/t24-,25+,28-,30+,33-,37-/m0/s1. The zero-order valence-corrected chi connectivity index (χ0v) is 29.1. The Balaban J connectivity index is 1.28. The van der Waals surface area contributed by atoms with E-state index in [0.717, 1.165) is 49.4 Å². The van der Waals surface area contributed by atoms with E-state index in [1.807, 2.05) is 25.1 Å². The molecule has 1 aromatic heterocycles. The molecule has 0 unspecified atom stereocenters. The molecular formula is C37H43ClN4O5S. The maximum absolute atomic E-state index is 13.5. The summed E-state index contributed by atoms with van der Waals surface area (Å²) in [5.41, 5.74) is 3.35. The highest BCUT2D eigenvalue weighted by atomic mass is 35.5. The zero-order valence-electron chi connectivity index (χ0n) is 27.5. The predicted molar refractivity (Wildman–Crippen MR) is 186 cm³/mol. The van der Waals surface area contributed by atoms with Gasteiger partial charge in [0.25, 0.3) is 5.91 Å². The summed E-state index contributed by atoms with van der Waals surface area (Å²) >= 11 is 6.45. The minimum atomic E-state index is -3.94. The van der Waals surface area contributed by atoms with Crippen LogP contribution < -0.4 is 14.4 Å². The molecule has 254 valence electrons. The van der Waals surface area contributed by atoms with Gasteiger partial charge in [-0.15, -0.1) is 0 Å². The fourth-order valence-corrected chi connectivity index (χ4v) is 9.38. The molecule has 2 aliphatic carbocycles. The third-order valence-electron chi connectivity index (χ3n) is 11.0. The number of halogens is 1. The van der Waals surface area contributed by atoms with Crippen molar-refractivity contribution in [2.75, 3.05) is 24.6 Å². The number of amides is 1. The summed E-state index contributed by atoms with van der Waals surface area (Å²) in [5, 5.41) is -0.0480. The maximum atomic E-state index is 13.5. The molecular weight excluding hydrogens is 648 g/mol. The molecule has 4 aliphatic rings. The molecule has 1 amide bonds. The van der Waals surface area contributed by atoms with Crippen LogP contribution in [0.4, 0.5) is 5.69 Å². The highest BCUT2D eigenvalue weighted by molar-refractivity contribution is 7.90. The van der Waals surface area contributed by atoms with Gasteiger partial charge in [0, 0.05) is 41.5 Å². The van der Waals surface area contributed by atoms with Crippen molar-refractivity contribution in [2.24, 2.45) is 17.8 Å². The Morgan fingerprint density at radius 3 is 2.75 bits per heavy atom. The highest BCUT2D eigenvalue weighted by Crippen LogP contribution is 2.47. The van der Waals surface area contributed by atoms with Crippen LogP contribution in [0.15, 0.2) is 67.0 Å². The average Bonchev–Trinajstić information content (AvgIpc) is 3.21. The van der Waals surface area contributed by atoms with Crippen molar-refractivity contribution >= 4 is 33.2 Å². The molecule has 2 bridgehead atoms. The van der Waals surface area contributed by atoms with Crippen LogP contribution in [0.3, 0.4) is 0 Å². The van der Waals surface area contributed by atoms with Gasteiger partial charge in [0.1, 0.15) is 12.4 Å². The van der Waals surface area contributed by atoms with Gasteiger partial charge < -0.3 is 14.4 Å². The van der Waals surface area contributed by atoms with Crippen LogP contribution in [0.5, 0.6) is 5.75 Å². The number of allylic oxidation sites excluding steroid dienone is 1. The van der Waals surface area contributed by atoms with E-state index >= 15 is 0 Å². The summed E-state index contributed by atoms with van der Waals surface area (Å²) in [6.07, 6.45) is 13.0. The molecule has 1 N–H and O–H groups in total. The van der Waals surface area contributed by atoms with Crippen LogP contribution >= 0.6 is 11.6 Å². The molecule has 3 heterocycles. The van der Waals surface area contributed by atoms with Gasteiger partial charge in [0.15, 0.2) is 5.82 Å².